The molecule has 0 radical (unpaired) electrons. The summed E-state index contributed by atoms with van der Waals surface area (Å²) in [4.78, 5) is 14.2. The lowest BCUT2D eigenvalue weighted by molar-refractivity contribution is -0.131. The molecule has 0 aliphatic heterocycles. The van der Waals surface area contributed by atoms with Crippen LogP contribution >= 0.6 is 0 Å². The minimum absolute atomic E-state index is 0.110. The highest BCUT2D eigenvalue weighted by molar-refractivity contribution is 5.76. The SMILES string of the molecule is CCN(Cc1ccccc1)C(=O)CCNc1ccccc1C#N. The van der Waals surface area contributed by atoms with Crippen LogP contribution in [0.2, 0.25) is 0 Å². The van der Waals surface area contributed by atoms with Crippen molar-refractivity contribution in [2.24, 2.45) is 0 Å². The Labute approximate surface area is 137 Å². The van der Waals surface area contributed by atoms with Gasteiger partial charge < -0.3 is 10.2 Å². The number of nitrogens with zero attached hydrogens (tertiary/aromatic N) is 2. The number of benzene rings is 2. The zero-order chi connectivity index (χ0) is 16.5. The molecule has 4 nitrogen and oxygen atoms in total. The molecule has 0 unspecified atom stereocenters. The van der Waals surface area contributed by atoms with Gasteiger partial charge in [-0.15, -0.1) is 0 Å². The molecule has 2 aromatic carbocycles. The van der Waals surface area contributed by atoms with Crippen molar-refractivity contribution in [3.63, 3.8) is 0 Å². The monoisotopic (exact) mass is 307 g/mol. The van der Waals surface area contributed by atoms with Crippen molar-refractivity contribution < 1.29 is 4.79 Å². The van der Waals surface area contributed by atoms with Gasteiger partial charge in [0, 0.05) is 26.1 Å². The number of hydrogen-bond acceptors (Lipinski definition) is 3. The molecule has 1 amide bonds. The van der Waals surface area contributed by atoms with E-state index in [0.717, 1.165) is 11.3 Å². The fraction of sp³-hybridized carbons (Fsp3) is 0.263. The maximum absolute atomic E-state index is 12.3. The van der Waals surface area contributed by atoms with Gasteiger partial charge >= 0.3 is 0 Å². The highest BCUT2D eigenvalue weighted by atomic mass is 16.2. The number of para-hydroxylation sites is 1. The van der Waals surface area contributed by atoms with Crippen LogP contribution in [0.15, 0.2) is 54.6 Å². The van der Waals surface area contributed by atoms with Crippen molar-refractivity contribution in [2.45, 2.75) is 19.9 Å². The van der Waals surface area contributed by atoms with E-state index in [2.05, 4.69) is 11.4 Å². The molecular formula is C19H21N3O. The lowest BCUT2D eigenvalue weighted by atomic mass is 10.2. The van der Waals surface area contributed by atoms with Crippen LogP contribution < -0.4 is 5.32 Å². The number of carbonyl (C=O) groups excluding carboxylic acids is 1. The van der Waals surface area contributed by atoms with Crippen molar-refractivity contribution >= 4 is 11.6 Å². The maximum atomic E-state index is 12.3. The van der Waals surface area contributed by atoms with E-state index < -0.39 is 0 Å². The summed E-state index contributed by atoms with van der Waals surface area (Å²) in [6, 6.07) is 19.4. The average molecular weight is 307 g/mol. The molecule has 0 saturated carbocycles. The largest absolute Gasteiger partial charge is 0.383 e. The molecule has 0 saturated heterocycles. The quantitative estimate of drug-likeness (QED) is 0.853. The summed E-state index contributed by atoms with van der Waals surface area (Å²) >= 11 is 0. The van der Waals surface area contributed by atoms with Crippen molar-refractivity contribution in [2.75, 3.05) is 18.4 Å². The first kappa shape index (κ1) is 16.6. The van der Waals surface area contributed by atoms with Gasteiger partial charge in [-0.2, -0.15) is 5.26 Å². The number of amides is 1. The van der Waals surface area contributed by atoms with Crippen LogP contribution in [-0.4, -0.2) is 23.9 Å². The van der Waals surface area contributed by atoms with E-state index in [1.54, 1.807) is 6.07 Å². The summed E-state index contributed by atoms with van der Waals surface area (Å²) in [7, 11) is 0. The minimum Gasteiger partial charge on any atom is -0.383 e. The number of nitrogens with one attached hydrogen (secondary N) is 1. The first-order chi connectivity index (χ1) is 11.2. The fourth-order valence-electron chi connectivity index (χ4n) is 2.38. The van der Waals surface area contributed by atoms with Crippen LogP contribution in [0.3, 0.4) is 0 Å². The Balaban J connectivity index is 1.87. The molecule has 118 valence electrons. The predicted molar refractivity (Wildman–Crippen MR) is 91.8 cm³/mol. The second-order valence-corrected chi connectivity index (χ2v) is 5.23. The topological polar surface area (TPSA) is 56.1 Å². The second-order valence-electron chi connectivity index (χ2n) is 5.23. The van der Waals surface area contributed by atoms with E-state index in [0.29, 0.717) is 31.6 Å². The molecule has 23 heavy (non-hydrogen) atoms. The van der Waals surface area contributed by atoms with Crippen molar-refractivity contribution in [3.05, 3.63) is 65.7 Å². The third-order valence-electron chi connectivity index (χ3n) is 3.65. The van der Waals surface area contributed by atoms with Gasteiger partial charge in [0.1, 0.15) is 6.07 Å². The first-order valence-corrected chi connectivity index (χ1v) is 7.79. The van der Waals surface area contributed by atoms with Crippen molar-refractivity contribution in [1.82, 2.24) is 4.90 Å². The molecular weight excluding hydrogens is 286 g/mol. The zero-order valence-electron chi connectivity index (χ0n) is 13.3. The van der Waals surface area contributed by atoms with Crippen LogP contribution in [0.4, 0.5) is 5.69 Å². The Kier molecular flexibility index (Phi) is 6.19. The van der Waals surface area contributed by atoms with Crippen LogP contribution in [-0.2, 0) is 11.3 Å². The molecule has 0 spiro atoms. The molecule has 0 aromatic heterocycles. The molecule has 0 fully saturated rings. The van der Waals surface area contributed by atoms with E-state index in [1.165, 1.54) is 0 Å². The normalized spacial score (nSPS) is 9.91. The summed E-state index contributed by atoms with van der Waals surface area (Å²) in [6.07, 6.45) is 0.403. The molecule has 0 aliphatic carbocycles. The highest BCUT2D eigenvalue weighted by Gasteiger charge is 2.12. The molecule has 2 aromatic rings. The van der Waals surface area contributed by atoms with Gasteiger partial charge in [0.25, 0.3) is 0 Å². The molecule has 0 aliphatic rings. The summed E-state index contributed by atoms with van der Waals surface area (Å²) in [5, 5.41) is 12.2. The minimum atomic E-state index is 0.110. The van der Waals surface area contributed by atoms with E-state index in [1.807, 2.05) is 60.4 Å². The Morgan fingerprint density at radius 1 is 1.13 bits per heavy atom. The zero-order valence-corrected chi connectivity index (χ0v) is 13.3. The predicted octanol–water partition coefficient (Wildman–Crippen LogP) is 3.41. The van der Waals surface area contributed by atoms with Gasteiger partial charge in [-0.1, -0.05) is 42.5 Å². The smallest absolute Gasteiger partial charge is 0.224 e. The third kappa shape index (κ3) is 4.86. The fourth-order valence-corrected chi connectivity index (χ4v) is 2.38. The van der Waals surface area contributed by atoms with Crippen LogP contribution in [0.25, 0.3) is 0 Å². The maximum Gasteiger partial charge on any atom is 0.224 e. The Bertz CT molecular complexity index is 677. The summed E-state index contributed by atoms with van der Waals surface area (Å²) in [5.41, 5.74) is 2.50. The van der Waals surface area contributed by atoms with Gasteiger partial charge in [-0.3, -0.25) is 4.79 Å². The van der Waals surface area contributed by atoms with E-state index in [-0.39, 0.29) is 5.91 Å². The average Bonchev–Trinajstić information content (AvgIpc) is 2.60. The lowest BCUT2D eigenvalue weighted by Crippen LogP contribution is -2.31. The third-order valence-corrected chi connectivity index (χ3v) is 3.65. The van der Waals surface area contributed by atoms with Crippen molar-refractivity contribution in [3.8, 4) is 6.07 Å². The van der Waals surface area contributed by atoms with E-state index in [4.69, 9.17) is 5.26 Å². The van der Waals surface area contributed by atoms with Crippen LogP contribution in [0.5, 0.6) is 0 Å². The molecule has 1 N–H and O–H groups in total. The number of carbonyl (C=O) groups is 1. The molecule has 4 heteroatoms. The Morgan fingerprint density at radius 2 is 1.83 bits per heavy atom. The number of anilines is 1. The molecule has 2 rings (SSSR count). The molecule has 0 atom stereocenters. The first-order valence-electron chi connectivity index (χ1n) is 7.79. The van der Waals surface area contributed by atoms with Crippen molar-refractivity contribution in [1.29, 1.82) is 5.26 Å². The number of hydrogen-bond donors (Lipinski definition) is 1. The van der Waals surface area contributed by atoms with Gasteiger partial charge in [0.05, 0.1) is 11.3 Å². The standard InChI is InChI=1S/C19H21N3O/c1-2-22(15-16-8-4-3-5-9-16)19(23)12-13-21-18-11-7-6-10-17(18)14-20/h3-11,21H,2,12-13,15H2,1H3. The number of rotatable bonds is 7. The van der Waals surface area contributed by atoms with Gasteiger partial charge in [-0.05, 0) is 24.6 Å². The van der Waals surface area contributed by atoms with Crippen LogP contribution in [0.1, 0.15) is 24.5 Å². The van der Waals surface area contributed by atoms with Gasteiger partial charge in [-0.25, -0.2) is 0 Å². The second kappa shape index (κ2) is 8.60. The Morgan fingerprint density at radius 3 is 2.52 bits per heavy atom. The summed E-state index contributed by atoms with van der Waals surface area (Å²) < 4.78 is 0. The molecule has 0 bridgehead atoms. The summed E-state index contributed by atoms with van der Waals surface area (Å²) in [5.74, 6) is 0.110. The van der Waals surface area contributed by atoms with E-state index in [9.17, 15) is 4.79 Å². The number of nitriles is 1. The highest BCUT2D eigenvalue weighted by Crippen LogP contribution is 2.13. The lowest BCUT2D eigenvalue weighted by Gasteiger charge is -2.21. The van der Waals surface area contributed by atoms with Gasteiger partial charge in [0.2, 0.25) is 5.91 Å². The van der Waals surface area contributed by atoms with Crippen LogP contribution in [0, 0.1) is 11.3 Å². The Hall–Kier alpha value is -2.80. The summed E-state index contributed by atoms with van der Waals surface area (Å²) in [6.45, 7) is 3.82. The molecule has 0 heterocycles. The van der Waals surface area contributed by atoms with Gasteiger partial charge in [0.15, 0.2) is 0 Å². The van der Waals surface area contributed by atoms with E-state index >= 15 is 0 Å².